The predicted molar refractivity (Wildman–Crippen MR) is 74.2 cm³/mol. The van der Waals surface area contributed by atoms with Crippen molar-refractivity contribution in [2.45, 2.75) is 19.6 Å². The summed E-state index contributed by atoms with van der Waals surface area (Å²) in [5.41, 5.74) is 7.72. The van der Waals surface area contributed by atoms with Crippen molar-refractivity contribution in [1.29, 1.82) is 0 Å². The van der Waals surface area contributed by atoms with Crippen LogP contribution in [0.2, 0.25) is 0 Å². The molecular formula is C15H18N2O2. The second-order valence-corrected chi connectivity index (χ2v) is 4.32. The Bertz CT molecular complexity index is 524. The maximum Gasteiger partial charge on any atom is 0.213 e. The monoisotopic (exact) mass is 258 g/mol. The van der Waals surface area contributed by atoms with E-state index >= 15 is 0 Å². The van der Waals surface area contributed by atoms with Gasteiger partial charge in [0.15, 0.2) is 0 Å². The molecule has 2 aromatic rings. The van der Waals surface area contributed by atoms with E-state index in [9.17, 15) is 0 Å². The molecule has 0 saturated heterocycles. The minimum absolute atomic E-state index is 0.0362. The summed E-state index contributed by atoms with van der Waals surface area (Å²) in [6, 6.07) is 13.4. The number of hydrogen-bond acceptors (Lipinski definition) is 4. The third-order valence-corrected chi connectivity index (χ3v) is 2.78. The van der Waals surface area contributed by atoms with Crippen molar-refractivity contribution in [2.24, 2.45) is 5.73 Å². The largest absolute Gasteiger partial charge is 0.487 e. The highest BCUT2D eigenvalue weighted by molar-refractivity contribution is 5.29. The van der Waals surface area contributed by atoms with Crippen molar-refractivity contribution in [3.8, 4) is 11.6 Å². The molecule has 1 aromatic heterocycles. The molecule has 0 spiro atoms. The standard InChI is InChI=1S/C15H18N2O2/c1-11(16)12-6-8-14(9-7-12)19-10-13-4-3-5-15(17-13)18-2/h3-9,11H,10,16H2,1-2H3/t11-/m0/s1. The van der Waals surface area contributed by atoms with Crippen molar-refractivity contribution < 1.29 is 9.47 Å². The van der Waals surface area contributed by atoms with Crippen molar-refractivity contribution in [3.05, 3.63) is 53.7 Å². The van der Waals surface area contributed by atoms with Crippen LogP contribution in [-0.2, 0) is 6.61 Å². The lowest BCUT2D eigenvalue weighted by atomic mass is 10.1. The number of aromatic nitrogens is 1. The van der Waals surface area contributed by atoms with Crippen molar-refractivity contribution >= 4 is 0 Å². The van der Waals surface area contributed by atoms with Gasteiger partial charge in [-0.2, -0.15) is 0 Å². The van der Waals surface area contributed by atoms with Crippen LogP contribution in [0.25, 0.3) is 0 Å². The average molecular weight is 258 g/mol. The van der Waals surface area contributed by atoms with E-state index in [0.717, 1.165) is 17.0 Å². The Morgan fingerprint density at radius 1 is 1.16 bits per heavy atom. The summed E-state index contributed by atoms with van der Waals surface area (Å²) in [5, 5.41) is 0. The highest BCUT2D eigenvalue weighted by Gasteiger charge is 2.01. The van der Waals surface area contributed by atoms with E-state index in [1.54, 1.807) is 13.2 Å². The molecule has 2 N–H and O–H groups in total. The fourth-order valence-corrected chi connectivity index (χ4v) is 1.68. The lowest BCUT2D eigenvalue weighted by molar-refractivity contribution is 0.298. The summed E-state index contributed by atoms with van der Waals surface area (Å²) in [4.78, 5) is 4.28. The molecule has 2 rings (SSSR count). The van der Waals surface area contributed by atoms with Crippen LogP contribution in [0.1, 0.15) is 24.2 Å². The third-order valence-electron chi connectivity index (χ3n) is 2.78. The summed E-state index contributed by atoms with van der Waals surface area (Å²) in [6.45, 7) is 2.37. The molecule has 100 valence electrons. The molecule has 0 aliphatic rings. The van der Waals surface area contributed by atoms with Gasteiger partial charge in [0.2, 0.25) is 5.88 Å². The van der Waals surface area contributed by atoms with Gasteiger partial charge in [-0.1, -0.05) is 18.2 Å². The number of nitrogens with zero attached hydrogens (tertiary/aromatic N) is 1. The highest BCUT2D eigenvalue weighted by atomic mass is 16.5. The van der Waals surface area contributed by atoms with Crippen LogP contribution in [0.5, 0.6) is 11.6 Å². The first-order chi connectivity index (χ1) is 9.19. The molecule has 0 fully saturated rings. The first-order valence-corrected chi connectivity index (χ1v) is 6.17. The lowest BCUT2D eigenvalue weighted by Crippen LogP contribution is -2.04. The highest BCUT2D eigenvalue weighted by Crippen LogP contribution is 2.17. The summed E-state index contributed by atoms with van der Waals surface area (Å²) in [7, 11) is 1.60. The first-order valence-electron chi connectivity index (χ1n) is 6.17. The minimum Gasteiger partial charge on any atom is -0.487 e. The second kappa shape index (κ2) is 6.20. The van der Waals surface area contributed by atoms with Crippen LogP contribution < -0.4 is 15.2 Å². The van der Waals surface area contributed by atoms with E-state index in [2.05, 4.69) is 4.98 Å². The molecule has 0 saturated carbocycles. The number of rotatable bonds is 5. The summed E-state index contributed by atoms with van der Waals surface area (Å²) in [5.74, 6) is 1.39. The molecule has 0 aliphatic carbocycles. The minimum atomic E-state index is 0.0362. The lowest BCUT2D eigenvalue weighted by Gasteiger charge is -2.09. The molecule has 4 nitrogen and oxygen atoms in total. The van der Waals surface area contributed by atoms with E-state index in [1.165, 1.54) is 0 Å². The third kappa shape index (κ3) is 3.69. The van der Waals surface area contributed by atoms with E-state index in [4.69, 9.17) is 15.2 Å². The van der Waals surface area contributed by atoms with Crippen LogP contribution >= 0.6 is 0 Å². The number of pyridine rings is 1. The smallest absolute Gasteiger partial charge is 0.213 e. The number of hydrogen-bond donors (Lipinski definition) is 1. The quantitative estimate of drug-likeness (QED) is 0.895. The molecule has 4 heteroatoms. The Morgan fingerprint density at radius 3 is 2.53 bits per heavy atom. The van der Waals surface area contributed by atoms with Gasteiger partial charge in [-0.25, -0.2) is 4.98 Å². The number of methoxy groups -OCH3 is 1. The number of benzene rings is 1. The van der Waals surface area contributed by atoms with Crippen LogP contribution in [0.4, 0.5) is 0 Å². The molecular weight excluding hydrogens is 240 g/mol. The fourth-order valence-electron chi connectivity index (χ4n) is 1.68. The predicted octanol–water partition coefficient (Wildman–Crippen LogP) is 2.69. The van der Waals surface area contributed by atoms with Crippen LogP contribution in [-0.4, -0.2) is 12.1 Å². The maximum atomic E-state index is 5.80. The molecule has 0 amide bonds. The molecule has 0 unspecified atom stereocenters. The Hall–Kier alpha value is -2.07. The number of nitrogens with two attached hydrogens (primary N) is 1. The van der Waals surface area contributed by atoms with Gasteiger partial charge in [-0.15, -0.1) is 0 Å². The van der Waals surface area contributed by atoms with Gasteiger partial charge in [-0.05, 0) is 30.7 Å². The zero-order chi connectivity index (χ0) is 13.7. The molecule has 0 radical (unpaired) electrons. The topological polar surface area (TPSA) is 57.4 Å². The van der Waals surface area contributed by atoms with Gasteiger partial charge in [0.1, 0.15) is 12.4 Å². The summed E-state index contributed by atoms with van der Waals surface area (Å²) >= 11 is 0. The van der Waals surface area contributed by atoms with E-state index in [-0.39, 0.29) is 6.04 Å². The molecule has 1 atom stereocenters. The Kier molecular flexibility index (Phi) is 4.36. The van der Waals surface area contributed by atoms with Gasteiger partial charge in [0.25, 0.3) is 0 Å². The van der Waals surface area contributed by atoms with Gasteiger partial charge in [0, 0.05) is 12.1 Å². The van der Waals surface area contributed by atoms with Crippen LogP contribution in [0.3, 0.4) is 0 Å². The average Bonchev–Trinajstić information content (AvgIpc) is 2.46. The van der Waals surface area contributed by atoms with Crippen molar-refractivity contribution in [3.63, 3.8) is 0 Å². The van der Waals surface area contributed by atoms with Crippen molar-refractivity contribution in [1.82, 2.24) is 4.98 Å². The maximum absolute atomic E-state index is 5.80. The van der Waals surface area contributed by atoms with Gasteiger partial charge >= 0.3 is 0 Å². The Balaban J connectivity index is 1.98. The Labute approximate surface area is 113 Å². The van der Waals surface area contributed by atoms with Gasteiger partial charge in [-0.3, -0.25) is 0 Å². The van der Waals surface area contributed by atoms with Crippen LogP contribution in [0, 0.1) is 0 Å². The zero-order valence-corrected chi connectivity index (χ0v) is 11.2. The normalized spacial score (nSPS) is 11.9. The molecule has 0 bridgehead atoms. The second-order valence-electron chi connectivity index (χ2n) is 4.32. The fraction of sp³-hybridized carbons (Fsp3) is 0.267. The van der Waals surface area contributed by atoms with Gasteiger partial charge in [0.05, 0.1) is 12.8 Å². The van der Waals surface area contributed by atoms with E-state index < -0.39 is 0 Å². The first kappa shape index (κ1) is 13.4. The van der Waals surface area contributed by atoms with Crippen molar-refractivity contribution in [2.75, 3.05) is 7.11 Å². The number of ether oxygens (including phenoxy) is 2. The molecule has 19 heavy (non-hydrogen) atoms. The zero-order valence-electron chi connectivity index (χ0n) is 11.2. The SMILES string of the molecule is COc1cccc(COc2ccc([C@H](C)N)cc2)n1. The van der Waals surface area contributed by atoms with E-state index in [1.807, 2.05) is 43.3 Å². The Morgan fingerprint density at radius 2 is 1.89 bits per heavy atom. The van der Waals surface area contributed by atoms with Crippen LogP contribution in [0.15, 0.2) is 42.5 Å². The molecule has 1 heterocycles. The molecule has 0 aliphatic heterocycles. The summed E-state index contributed by atoms with van der Waals surface area (Å²) in [6.07, 6.45) is 0. The van der Waals surface area contributed by atoms with E-state index in [0.29, 0.717) is 12.5 Å². The molecule has 1 aromatic carbocycles. The summed E-state index contributed by atoms with van der Waals surface area (Å²) < 4.78 is 10.7. The van der Waals surface area contributed by atoms with Gasteiger partial charge < -0.3 is 15.2 Å².